The number of nitrogen functional groups attached to an aromatic ring is 1. The molecule has 0 amide bonds. The monoisotopic (exact) mass is 442 g/mol. The normalized spacial score (nSPS) is 19.0. The van der Waals surface area contributed by atoms with Gasteiger partial charge in [0.15, 0.2) is 5.65 Å². The van der Waals surface area contributed by atoms with Crippen LogP contribution in [0.5, 0.6) is 0 Å². The van der Waals surface area contributed by atoms with Gasteiger partial charge in [-0.05, 0) is 32.0 Å². The second-order valence-corrected chi connectivity index (χ2v) is 9.31. The fourth-order valence-electron chi connectivity index (χ4n) is 5.31. The highest BCUT2D eigenvalue weighted by molar-refractivity contribution is 5.99. The zero-order valence-electron chi connectivity index (χ0n) is 19.1. The molecule has 0 aliphatic carbocycles. The average molecular weight is 443 g/mol. The molecular weight excluding hydrogens is 412 g/mol. The van der Waals surface area contributed by atoms with E-state index in [2.05, 4.69) is 44.1 Å². The van der Waals surface area contributed by atoms with E-state index in [0.29, 0.717) is 11.9 Å². The summed E-state index contributed by atoms with van der Waals surface area (Å²) in [4.78, 5) is 16.8. The Labute approximate surface area is 193 Å². The maximum absolute atomic E-state index is 6.10. The molecule has 3 aromatic heterocycles. The van der Waals surface area contributed by atoms with Gasteiger partial charge in [-0.1, -0.05) is 18.2 Å². The Hall–Kier alpha value is -3.23. The number of anilines is 2. The molecule has 0 atom stereocenters. The second-order valence-electron chi connectivity index (χ2n) is 9.31. The van der Waals surface area contributed by atoms with E-state index in [4.69, 9.17) is 10.7 Å². The van der Waals surface area contributed by atoms with Gasteiger partial charge in [-0.25, -0.2) is 14.5 Å². The Balaban J connectivity index is 1.24. The fourth-order valence-corrected chi connectivity index (χ4v) is 5.31. The molecule has 1 aromatic carbocycles. The summed E-state index contributed by atoms with van der Waals surface area (Å²) < 4.78 is 1.89. The first kappa shape index (κ1) is 20.4. The van der Waals surface area contributed by atoms with Crippen LogP contribution >= 0.6 is 0 Å². The van der Waals surface area contributed by atoms with Crippen LogP contribution in [0.25, 0.3) is 27.7 Å². The van der Waals surface area contributed by atoms with Crippen LogP contribution in [-0.2, 0) is 0 Å². The van der Waals surface area contributed by atoms with Crippen molar-refractivity contribution < 1.29 is 0 Å². The predicted molar refractivity (Wildman–Crippen MR) is 132 cm³/mol. The molecule has 0 saturated carbocycles. The Morgan fingerprint density at radius 1 is 0.939 bits per heavy atom. The number of para-hydroxylation sites is 1. The summed E-state index contributed by atoms with van der Waals surface area (Å²) in [5.74, 6) is 0.503. The van der Waals surface area contributed by atoms with Crippen molar-refractivity contribution in [2.45, 2.75) is 18.9 Å². The summed E-state index contributed by atoms with van der Waals surface area (Å²) in [6, 6.07) is 10.7. The molecule has 170 valence electrons. The van der Waals surface area contributed by atoms with Crippen molar-refractivity contribution in [2.24, 2.45) is 0 Å². The van der Waals surface area contributed by atoms with Crippen molar-refractivity contribution >= 4 is 28.1 Å². The van der Waals surface area contributed by atoms with Crippen molar-refractivity contribution in [1.82, 2.24) is 29.4 Å². The summed E-state index contributed by atoms with van der Waals surface area (Å²) in [5, 5.41) is 5.69. The molecule has 8 nitrogen and oxygen atoms in total. The topological polar surface area (TPSA) is 78.8 Å². The lowest BCUT2D eigenvalue weighted by Gasteiger charge is -2.42. The van der Waals surface area contributed by atoms with Gasteiger partial charge in [-0.15, -0.1) is 0 Å². The number of nitrogens with zero attached hydrogens (tertiary/aromatic N) is 7. The van der Waals surface area contributed by atoms with E-state index in [9.17, 15) is 0 Å². The number of nitrogens with two attached hydrogens (primary N) is 1. The number of likely N-dealkylation sites (N-methyl/N-ethyl adjacent to an activating group) is 1. The standard InChI is InChI=1S/C25H30N8/c1-30-10-12-32(13-11-30)18-6-8-31(9-7-18)19-15-27-25-22(16-28-33(25)17-19)21-14-24(26)29-23-5-3-2-4-20(21)23/h2-5,14-18H,6-13H2,1H3,(H2,26,29). The molecule has 2 fully saturated rings. The molecule has 2 aliphatic rings. The van der Waals surface area contributed by atoms with Crippen LogP contribution in [0, 0.1) is 0 Å². The van der Waals surface area contributed by atoms with Gasteiger partial charge in [0, 0.05) is 61.8 Å². The minimum Gasteiger partial charge on any atom is -0.384 e. The molecule has 5 heterocycles. The quantitative estimate of drug-likeness (QED) is 0.523. The van der Waals surface area contributed by atoms with E-state index in [1.165, 1.54) is 39.0 Å². The van der Waals surface area contributed by atoms with Crippen LogP contribution in [0.3, 0.4) is 0 Å². The van der Waals surface area contributed by atoms with Crippen LogP contribution < -0.4 is 10.6 Å². The highest BCUT2D eigenvalue weighted by Crippen LogP contribution is 2.32. The van der Waals surface area contributed by atoms with Crippen LogP contribution in [0.4, 0.5) is 11.5 Å². The molecule has 6 rings (SSSR count). The zero-order valence-corrected chi connectivity index (χ0v) is 19.1. The van der Waals surface area contributed by atoms with Crippen molar-refractivity contribution in [3.8, 4) is 11.1 Å². The third-order valence-electron chi connectivity index (χ3n) is 7.25. The van der Waals surface area contributed by atoms with Gasteiger partial charge < -0.3 is 15.5 Å². The number of piperazine rings is 1. The van der Waals surface area contributed by atoms with Gasteiger partial charge in [0.2, 0.25) is 0 Å². The van der Waals surface area contributed by atoms with E-state index >= 15 is 0 Å². The average Bonchev–Trinajstić information content (AvgIpc) is 3.27. The molecule has 2 saturated heterocycles. The van der Waals surface area contributed by atoms with E-state index < -0.39 is 0 Å². The minimum absolute atomic E-state index is 0.503. The number of fused-ring (bicyclic) bond motifs is 2. The maximum atomic E-state index is 6.10. The van der Waals surface area contributed by atoms with E-state index in [1.54, 1.807) is 0 Å². The van der Waals surface area contributed by atoms with Gasteiger partial charge in [-0.2, -0.15) is 5.10 Å². The molecular formula is C25H30N8. The number of aromatic nitrogens is 4. The van der Waals surface area contributed by atoms with Crippen molar-refractivity contribution in [2.75, 3.05) is 56.9 Å². The summed E-state index contributed by atoms with van der Waals surface area (Å²) in [6.45, 7) is 6.87. The molecule has 4 aromatic rings. The van der Waals surface area contributed by atoms with Gasteiger partial charge in [0.25, 0.3) is 0 Å². The van der Waals surface area contributed by atoms with Gasteiger partial charge in [0.1, 0.15) is 5.82 Å². The van der Waals surface area contributed by atoms with Crippen LogP contribution in [0.2, 0.25) is 0 Å². The molecule has 0 spiro atoms. The van der Waals surface area contributed by atoms with Crippen molar-refractivity contribution in [3.63, 3.8) is 0 Å². The summed E-state index contributed by atoms with van der Waals surface area (Å²) in [7, 11) is 2.22. The Bertz CT molecular complexity index is 1280. The largest absolute Gasteiger partial charge is 0.384 e. The second kappa shape index (κ2) is 8.28. The lowest BCUT2D eigenvalue weighted by atomic mass is 10.0. The number of benzene rings is 1. The van der Waals surface area contributed by atoms with Gasteiger partial charge >= 0.3 is 0 Å². The fraction of sp³-hybridized carbons (Fsp3) is 0.400. The first-order valence-electron chi connectivity index (χ1n) is 11.8. The van der Waals surface area contributed by atoms with E-state index in [0.717, 1.165) is 46.5 Å². The smallest absolute Gasteiger partial charge is 0.162 e. The van der Waals surface area contributed by atoms with Gasteiger partial charge in [-0.3, -0.25) is 4.90 Å². The van der Waals surface area contributed by atoms with Gasteiger partial charge in [0.05, 0.1) is 29.8 Å². The molecule has 0 radical (unpaired) electrons. The van der Waals surface area contributed by atoms with Crippen molar-refractivity contribution in [3.05, 3.63) is 48.9 Å². The van der Waals surface area contributed by atoms with Crippen LogP contribution in [-0.4, -0.2) is 81.7 Å². The Morgan fingerprint density at radius 2 is 1.73 bits per heavy atom. The maximum Gasteiger partial charge on any atom is 0.162 e. The molecule has 0 bridgehead atoms. The number of hydrogen-bond acceptors (Lipinski definition) is 7. The highest BCUT2D eigenvalue weighted by Gasteiger charge is 2.27. The lowest BCUT2D eigenvalue weighted by Crippen LogP contribution is -2.52. The van der Waals surface area contributed by atoms with E-state index in [-0.39, 0.29) is 0 Å². The third-order valence-corrected chi connectivity index (χ3v) is 7.25. The highest BCUT2D eigenvalue weighted by atomic mass is 15.3. The first-order chi connectivity index (χ1) is 16.2. The molecule has 0 unspecified atom stereocenters. The molecule has 33 heavy (non-hydrogen) atoms. The molecule has 2 aliphatic heterocycles. The lowest BCUT2D eigenvalue weighted by molar-refractivity contribution is 0.0982. The summed E-state index contributed by atoms with van der Waals surface area (Å²) in [5.41, 5.74) is 10.9. The van der Waals surface area contributed by atoms with Crippen LogP contribution in [0.1, 0.15) is 12.8 Å². The van der Waals surface area contributed by atoms with E-state index in [1.807, 2.05) is 41.2 Å². The number of piperidine rings is 1. The SMILES string of the molecule is CN1CCN(C2CCN(c3cnc4c(-c5cc(N)nc6ccccc56)cnn4c3)CC2)CC1. The van der Waals surface area contributed by atoms with Crippen molar-refractivity contribution in [1.29, 1.82) is 0 Å². The molecule has 2 N–H and O–H groups in total. The predicted octanol–water partition coefficient (Wildman–Crippen LogP) is 2.74. The van der Waals surface area contributed by atoms with Crippen LogP contribution in [0.15, 0.2) is 48.9 Å². The number of rotatable bonds is 3. The molecule has 8 heteroatoms. The number of pyridine rings is 1. The third kappa shape index (κ3) is 3.79. The minimum atomic E-state index is 0.503. The summed E-state index contributed by atoms with van der Waals surface area (Å²) >= 11 is 0. The zero-order chi connectivity index (χ0) is 22.4. The first-order valence-corrected chi connectivity index (χ1v) is 11.8. The number of hydrogen-bond donors (Lipinski definition) is 1. The summed E-state index contributed by atoms with van der Waals surface area (Å²) in [6.07, 6.45) is 8.38. The Kier molecular flexibility index (Phi) is 5.11. The Morgan fingerprint density at radius 3 is 2.55 bits per heavy atom.